The average Bonchev–Trinajstić information content (AvgIpc) is 2.51. The van der Waals surface area contributed by atoms with Crippen LogP contribution in [0.5, 0.6) is 0 Å². The lowest BCUT2D eigenvalue weighted by atomic mass is 10.1. The molecule has 9 heteroatoms. The van der Waals surface area contributed by atoms with Gasteiger partial charge in [-0.25, -0.2) is 8.78 Å². The first-order chi connectivity index (χ1) is 11.0. The number of carbonyl (C=O) groups is 1. The average molecular weight is 456 g/mol. The first kappa shape index (κ1) is 22.5. The van der Waals surface area contributed by atoms with E-state index in [0.29, 0.717) is 24.7 Å². The van der Waals surface area contributed by atoms with E-state index in [1.54, 1.807) is 14.0 Å². The zero-order chi connectivity index (χ0) is 17.2. The molecule has 0 saturated heterocycles. The molecule has 1 aromatic carbocycles. The molecule has 0 spiro atoms. The molecule has 6 nitrogen and oxygen atoms in total. The van der Waals surface area contributed by atoms with E-state index in [1.165, 1.54) is 19.2 Å². The van der Waals surface area contributed by atoms with Crippen molar-refractivity contribution in [3.8, 4) is 0 Å². The maximum absolute atomic E-state index is 13.7. The van der Waals surface area contributed by atoms with Gasteiger partial charge < -0.3 is 20.7 Å². The van der Waals surface area contributed by atoms with Crippen LogP contribution in [0.15, 0.2) is 23.2 Å². The molecule has 136 valence electrons. The number of methoxy groups -OCH3 is 1. The first-order valence-electron chi connectivity index (χ1n) is 7.15. The first-order valence-corrected chi connectivity index (χ1v) is 7.15. The van der Waals surface area contributed by atoms with Gasteiger partial charge in [0.25, 0.3) is 0 Å². The number of benzene rings is 1. The maximum atomic E-state index is 13.7. The summed E-state index contributed by atoms with van der Waals surface area (Å²) in [5.41, 5.74) is 0.305. The summed E-state index contributed by atoms with van der Waals surface area (Å²) >= 11 is 0. The third-order valence-corrected chi connectivity index (χ3v) is 3.05. The molecule has 0 aliphatic rings. The van der Waals surface area contributed by atoms with Crippen LogP contribution in [0.25, 0.3) is 0 Å². The van der Waals surface area contributed by atoms with Crippen LogP contribution in [-0.2, 0) is 9.53 Å². The fraction of sp³-hybridized carbons (Fsp3) is 0.467. The molecule has 0 saturated carbocycles. The van der Waals surface area contributed by atoms with Crippen LogP contribution in [0.3, 0.4) is 0 Å². The molecule has 0 aliphatic heterocycles. The lowest BCUT2D eigenvalue weighted by molar-refractivity contribution is -0.120. The summed E-state index contributed by atoms with van der Waals surface area (Å²) in [4.78, 5) is 15.5. The van der Waals surface area contributed by atoms with Gasteiger partial charge in [0.15, 0.2) is 5.96 Å². The van der Waals surface area contributed by atoms with Gasteiger partial charge in [0, 0.05) is 32.3 Å². The van der Waals surface area contributed by atoms with Crippen LogP contribution in [0, 0.1) is 11.6 Å². The van der Waals surface area contributed by atoms with Gasteiger partial charge in [-0.05, 0) is 13.0 Å². The van der Waals surface area contributed by atoms with Gasteiger partial charge in [-0.1, -0.05) is 6.07 Å². The van der Waals surface area contributed by atoms with Gasteiger partial charge >= 0.3 is 0 Å². The largest absolute Gasteiger partial charge is 0.383 e. The second-order valence-corrected chi connectivity index (χ2v) is 4.80. The van der Waals surface area contributed by atoms with E-state index in [-0.39, 0.29) is 36.4 Å². The summed E-state index contributed by atoms with van der Waals surface area (Å²) in [7, 11) is 3.08. The Kier molecular flexibility index (Phi) is 11.2. The van der Waals surface area contributed by atoms with Crippen molar-refractivity contribution in [3.63, 3.8) is 0 Å². The van der Waals surface area contributed by atoms with Gasteiger partial charge in [0.05, 0.1) is 19.2 Å². The third-order valence-electron chi connectivity index (χ3n) is 3.05. The van der Waals surface area contributed by atoms with Crippen molar-refractivity contribution in [1.29, 1.82) is 0 Å². The highest BCUT2D eigenvalue weighted by Gasteiger charge is 2.13. The Labute approximate surface area is 157 Å². The maximum Gasteiger partial charge on any atom is 0.239 e. The highest BCUT2D eigenvalue weighted by molar-refractivity contribution is 14.0. The Bertz CT molecular complexity index is 558. The number of nitrogens with zero attached hydrogens (tertiary/aromatic N) is 1. The number of carbonyl (C=O) groups excluding carboxylic acids is 1. The molecule has 0 fully saturated rings. The zero-order valence-corrected chi connectivity index (χ0v) is 16.2. The number of hydrogen-bond donors (Lipinski definition) is 3. The highest BCUT2D eigenvalue weighted by Crippen LogP contribution is 2.17. The number of amides is 1. The van der Waals surface area contributed by atoms with Crippen LogP contribution in [-0.4, -0.2) is 45.7 Å². The molecular formula is C15H23F2IN4O2. The van der Waals surface area contributed by atoms with Crippen LogP contribution in [0.2, 0.25) is 0 Å². The van der Waals surface area contributed by atoms with E-state index in [0.717, 1.165) is 6.07 Å². The number of aliphatic imine (C=N–C) groups is 1. The monoisotopic (exact) mass is 456 g/mol. The second-order valence-electron chi connectivity index (χ2n) is 4.80. The Morgan fingerprint density at radius 2 is 2.04 bits per heavy atom. The van der Waals surface area contributed by atoms with Crippen LogP contribution >= 0.6 is 24.0 Å². The number of ether oxygens (including phenoxy) is 1. The molecule has 1 unspecified atom stereocenters. The number of guanidine groups is 1. The predicted octanol–water partition coefficient (Wildman–Crippen LogP) is 1.57. The molecule has 0 bridgehead atoms. The van der Waals surface area contributed by atoms with Crippen molar-refractivity contribution >= 4 is 35.8 Å². The number of halogens is 3. The van der Waals surface area contributed by atoms with Gasteiger partial charge in [-0.2, -0.15) is 0 Å². The number of rotatable bonds is 7. The van der Waals surface area contributed by atoms with Crippen LogP contribution < -0.4 is 16.0 Å². The predicted molar refractivity (Wildman–Crippen MR) is 99.6 cm³/mol. The van der Waals surface area contributed by atoms with Crippen molar-refractivity contribution in [1.82, 2.24) is 16.0 Å². The summed E-state index contributed by atoms with van der Waals surface area (Å²) in [6.45, 7) is 2.57. The number of hydrogen-bond acceptors (Lipinski definition) is 3. The molecule has 24 heavy (non-hydrogen) atoms. The zero-order valence-electron chi connectivity index (χ0n) is 13.9. The summed E-state index contributed by atoms with van der Waals surface area (Å²) < 4.78 is 31.5. The minimum atomic E-state index is -0.641. The summed E-state index contributed by atoms with van der Waals surface area (Å²) in [6.07, 6.45) is 0. The van der Waals surface area contributed by atoms with Crippen LogP contribution in [0.4, 0.5) is 8.78 Å². The molecule has 0 heterocycles. The topological polar surface area (TPSA) is 74.8 Å². The Balaban J connectivity index is 0.00000529. The standard InChI is InChI=1S/C15H22F2N4O2.HI/c1-10(12-5-4-11(16)8-13(12)17)21-15(18-2)20-9-14(22)19-6-7-23-3;/h4-5,8,10H,6-7,9H2,1-3H3,(H,19,22)(H2,18,20,21);1H. The smallest absolute Gasteiger partial charge is 0.239 e. The van der Waals surface area contributed by atoms with Gasteiger partial charge in [0.1, 0.15) is 11.6 Å². The van der Waals surface area contributed by atoms with Crippen LogP contribution in [0.1, 0.15) is 18.5 Å². The Morgan fingerprint density at radius 3 is 2.62 bits per heavy atom. The summed E-state index contributed by atoms with van der Waals surface area (Å²) in [5.74, 6) is -1.15. The summed E-state index contributed by atoms with van der Waals surface area (Å²) in [6, 6.07) is 2.94. The third kappa shape index (κ3) is 7.86. The highest BCUT2D eigenvalue weighted by atomic mass is 127. The lowest BCUT2D eigenvalue weighted by Gasteiger charge is -2.18. The fourth-order valence-corrected chi connectivity index (χ4v) is 1.85. The molecular weight excluding hydrogens is 433 g/mol. The van der Waals surface area contributed by atoms with Gasteiger partial charge in [-0.15, -0.1) is 24.0 Å². The van der Waals surface area contributed by atoms with Crippen molar-refractivity contribution in [2.75, 3.05) is 33.9 Å². The van der Waals surface area contributed by atoms with Gasteiger partial charge in [0.2, 0.25) is 5.91 Å². The molecule has 3 N–H and O–H groups in total. The normalized spacial score (nSPS) is 12.1. The molecule has 1 rings (SSSR count). The molecule has 1 aromatic rings. The van der Waals surface area contributed by atoms with Crippen molar-refractivity contribution in [2.24, 2.45) is 4.99 Å². The van der Waals surface area contributed by atoms with E-state index < -0.39 is 17.7 Å². The van der Waals surface area contributed by atoms with E-state index in [9.17, 15) is 13.6 Å². The molecule has 1 amide bonds. The van der Waals surface area contributed by atoms with E-state index in [1.807, 2.05) is 0 Å². The summed E-state index contributed by atoms with van der Waals surface area (Å²) in [5, 5.41) is 8.41. The number of nitrogens with one attached hydrogen (secondary N) is 3. The minimum Gasteiger partial charge on any atom is -0.383 e. The minimum absolute atomic E-state index is 0. The van der Waals surface area contributed by atoms with Gasteiger partial charge in [-0.3, -0.25) is 9.79 Å². The van der Waals surface area contributed by atoms with Crippen molar-refractivity contribution in [2.45, 2.75) is 13.0 Å². The Morgan fingerprint density at radius 1 is 1.33 bits per heavy atom. The molecule has 1 atom stereocenters. The van der Waals surface area contributed by atoms with Crippen molar-refractivity contribution < 1.29 is 18.3 Å². The quantitative estimate of drug-likeness (QED) is 0.252. The van der Waals surface area contributed by atoms with Crippen molar-refractivity contribution in [3.05, 3.63) is 35.4 Å². The lowest BCUT2D eigenvalue weighted by Crippen LogP contribution is -2.44. The SMILES string of the molecule is CN=C(NCC(=O)NCCOC)NC(C)c1ccc(F)cc1F.I. The van der Waals surface area contributed by atoms with E-state index in [2.05, 4.69) is 20.9 Å². The van der Waals surface area contributed by atoms with E-state index >= 15 is 0 Å². The second kappa shape index (κ2) is 12.0. The van der Waals surface area contributed by atoms with E-state index in [4.69, 9.17) is 4.74 Å². The molecule has 0 aromatic heterocycles. The molecule has 0 aliphatic carbocycles. The molecule has 0 radical (unpaired) electrons. The fourth-order valence-electron chi connectivity index (χ4n) is 1.85. The Hall–Kier alpha value is -1.49.